The Morgan fingerprint density at radius 1 is 1.29 bits per heavy atom. The maximum absolute atomic E-state index is 12.6. The summed E-state index contributed by atoms with van der Waals surface area (Å²) in [5.74, 6) is -1.14. The van der Waals surface area contributed by atoms with Crippen molar-refractivity contribution in [2.45, 2.75) is 38.2 Å². The molecule has 0 aliphatic heterocycles. The van der Waals surface area contributed by atoms with Gasteiger partial charge in [0.15, 0.2) is 6.10 Å². The predicted molar refractivity (Wildman–Crippen MR) is 78.6 cm³/mol. The molecule has 6 nitrogen and oxygen atoms in total. The Morgan fingerprint density at radius 3 is 2.43 bits per heavy atom. The van der Waals surface area contributed by atoms with E-state index in [4.69, 9.17) is 12.3 Å². The van der Waals surface area contributed by atoms with Crippen LogP contribution in [-0.2, 0) is 9.53 Å². The molecule has 0 aliphatic carbocycles. The molecule has 116 valence electrons. The van der Waals surface area contributed by atoms with E-state index in [1.807, 2.05) is 0 Å². The average molecular weight is 303 g/mol. The van der Waals surface area contributed by atoms with Crippen LogP contribution in [0.3, 0.4) is 0 Å². The molecule has 2 atom stereocenters. The molecule has 0 aromatic heterocycles. The van der Waals surface area contributed by atoms with Crippen LogP contribution in [0.5, 0.6) is 0 Å². The highest BCUT2D eigenvalue weighted by Crippen LogP contribution is 2.18. The summed E-state index contributed by atoms with van der Waals surface area (Å²) in [5, 5.41) is 13.8. The molecule has 1 aromatic rings. The highest BCUT2D eigenvalue weighted by molar-refractivity contribution is 5.79. The predicted octanol–water partition coefficient (Wildman–Crippen LogP) is 1.36. The minimum absolute atomic E-state index is 0.188. The van der Waals surface area contributed by atoms with E-state index in [0.717, 1.165) is 7.11 Å². The number of carbonyl (C=O) groups is 2. The minimum Gasteiger partial charge on any atom is -0.467 e. The van der Waals surface area contributed by atoms with Gasteiger partial charge in [-0.05, 0) is 26.1 Å². The average Bonchev–Trinajstić information content (AvgIpc) is 2.60. The van der Waals surface area contributed by atoms with E-state index < -0.39 is 50.2 Å². The van der Waals surface area contributed by atoms with Crippen LogP contribution in [0.25, 0.3) is 0 Å². The lowest BCUT2D eigenvalue weighted by Gasteiger charge is -2.26. The van der Waals surface area contributed by atoms with E-state index in [2.05, 4.69) is 10.1 Å². The van der Waals surface area contributed by atoms with Crippen LogP contribution >= 0.6 is 0 Å². The first kappa shape index (κ1) is 7.79. The topological polar surface area (TPSA) is 87.7 Å². The van der Waals surface area contributed by atoms with E-state index in [1.165, 1.54) is 24.3 Å². The monoisotopic (exact) mass is 303 g/mol. The van der Waals surface area contributed by atoms with Crippen molar-refractivity contribution in [3.63, 3.8) is 0 Å². The summed E-state index contributed by atoms with van der Waals surface area (Å²) >= 11 is 0. The summed E-state index contributed by atoms with van der Waals surface area (Å²) in [4.78, 5) is 24.3. The molecule has 2 amide bonds. The first-order valence-corrected chi connectivity index (χ1v) is 5.89. The van der Waals surface area contributed by atoms with Crippen LogP contribution in [0, 0.1) is 0 Å². The van der Waals surface area contributed by atoms with Crippen molar-refractivity contribution in [3.05, 3.63) is 35.9 Å². The molecule has 1 aromatic carbocycles. The van der Waals surface area contributed by atoms with Gasteiger partial charge in [-0.25, -0.2) is 9.59 Å². The molecule has 0 unspecified atom stereocenters. The molecule has 0 bridgehead atoms. The van der Waals surface area contributed by atoms with Crippen LogP contribution in [0.4, 0.5) is 4.79 Å². The summed E-state index contributed by atoms with van der Waals surface area (Å²) in [6.45, 7) is -11.0. The van der Waals surface area contributed by atoms with Crippen molar-refractivity contribution < 1.29 is 31.8 Å². The van der Waals surface area contributed by atoms with Crippen LogP contribution in [0.2, 0.25) is 0 Å². The van der Waals surface area contributed by atoms with Gasteiger partial charge in [-0.1, -0.05) is 30.3 Å². The van der Waals surface area contributed by atoms with Crippen molar-refractivity contribution in [2.24, 2.45) is 0 Å². The van der Waals surface area contributed by atoms with Crippen LogP contribution in [-0.4, -0.2) is 35.9 Å². The van der Waals surface area contributed by atoms with E-state index in [9.17, 15) is 14.7 Å². The highest BCUT2D eigenvalue weighted by Gasteiger charge is 2.30. The second-order valence-corrected chi connectivity index (χ2v) is 4.20. The Kier molecular flexibility index (Phi) is 2.63. The number of methoxy groups -OCH3 is 1. The number of urea groups is 1. The summed E-state index contributed by atoms with van der Waals surface area (Å²) < 4.78 is 72.1. The number of rotatable bonds is 4. The number of benzene rings is 1. The lowest BCUT2D eigenvalue weighted by atomic mass is 10.0. The number of esters is 1. The molecule has 0 saturated heterocycles. The number of amides is 2. The van der Waals surface area contributed by atoms with Crippen molar-refractivity contribution >= 4 is 12.0 Å². The molecule has 3 N–H and O–H groups in total. The molecule has 0 spiro atoms. The summed E-state index contributed by atoms with van der Waals surface area (Å²) in [5.41, 5.74) is -3.43. The van der Waals surface area contributed by atoms with Gasteiger partial charge in [-0.15, -0.1) is 0 Å². The molecule has 1 rings (SSSR count). The van der Waals surface area contributed by atoms with Gasteiger partial charge in [0, 0.05) is 17.9 Å². The zero-order valence-electron chi connectivity index (χ0n) is 20.2. The fourth-order valence-electron chi connectivity index (χ4n) is 1.61. The van der Waals surface area contributed by atoms with Gasteiger partial charge in [0.05, 0.1) is 13.2 Å². The second-order valence-electron chi connectivity index (χ2n) is 4.20. The van der Waals surface area contributed by atoms with Gasteiger partial charge < -0.3 is 20.5 Å². The van der Waals surface area contributed by atoms with Gasteiger partial charge in [0.25, 0.3) is 0 Å². The Morgan fingerprint density at radius 2 is 1.90 bits per heavy atom. The molecule has 21 heavy (non-hydrogen) atoms. The second kappa shape index (κ2) is 7.08. The van der Waals surface area contributed by atoms with Crippen molar-refractivity contribution in [1.29, 1.82) is 0 Å². The molecule has 0 saturated carbocycles. The molecule has 0 fully saturated rings. The third kappa shape index (κ3) is 5.43. The lowest BCUT2D eigenvalue weighted by Crippen LogP contribution is -2.50. The third-order valence-electron chi connectivity index (χ3n) is 2.50. The number of ether oxygens (including phenoxy) is 1. The summed E-state index contributed by atoms with van der Waals surface area (Å²) in [6.07, 6.45) is -1.95. The van der Waals surface area contributed by atoms with Gasteiger partial charge in [0.2, 0.25) is 0 Å². The smallest absolute Gasteiger partial charge is 0.337 e. The van der Waals surface area contributed by atoms with Gasteiger partial charge in [-0.2, -0.15) is 0 Å². The maximum atomic E-state index is 12.6. The van der Waals surface area contributed by atoms with Crippen LogP contribution in [0.1, 0.15) is 44.5 Å². The molecule has 0 radical (unpaired) electrons. The highest BCUT2D eigenvalue weighted by atomic mass is 16.5. The summed E-state index contributed by atoms with van der Waals surface area (Å²) in [7, 11) is 0.983. The first-order valence-electron chi connectivity index (χ1n) is 10.4. The number of hydrogen-bond acceptors (Lipinski definition) is 4. The van der Waals surface area contributed by atoms with E-state index in [1.54, 1.807) is 11.4 Å². The van der Waals surface area contributed by atoms with Crippen molar-refractivity contribution in [3.8, 4) is 0 Å². The van der Waals surface area contributed by atoms with Crippen LogP contribution in [0.15, 0.2) is 30.3 Å². The largest absolute Gasteiger partial charge is 0.467 e. The summed E-state index contributed by atoms with van der Waals surface area (Å²) in [6, 6.07) is 4.45. The Hall–Kier alpha value is -2.08. The Labute approximate surface area is 137 Å². The van der Waals surface area contributed by atoms with Crippen LogP contribution < -0.4 is 10.6 Å². The zero-order chi connectivity index (χ0) is 23.5. The fraction of sp³-hybridized carbons (Fsp3) is 0.467. The first-order chi connectivity index (χ1) is 13.5. The van der Waals surface area contributed by atoms with Crippen molar-refractivity contribution in [1.82, 2.24) is 10.6 Å². The quantitative estimate of drug-likeness (QED) is 0.733. The normalized spacial score (nSPS) is 22.1. The fourth-order valence-corrected chi connectivity index (χ4v) is 1.61. The maximum Gasteiger partial charge on any atom is 0.337 e. The van der Waals surface area contributed by atoms with E-state index >= 15 is 0 Å². The number of carbonyl (C=O) groups excluding carboxylic acids is 2. The lowest BCUT2D eigenvalue weighted by molar-refractivity contribution is -0.151. The SMILES string of the molecule is [2H]C([2H])([2H])C(NC(=O)N[C@@H](c1ccccc1)[C@@H](O)C(=O)OC)(C([2H])([2H])[2H])C([2H])([2H])[2H]. The number of aliphatic hydroxyl groups is 1. The zero-order valence-corrected chi connectivity index (χ0v) is 11.2. The number of nitrogens with one attached hydrogen (secondary N) is 2. The van der Waals surface area contributed by atoms with Gasteiger partial charge in [0.1, 0.15) is 0 Å². The Balaban J connectivity index is 3.38. The number of aliphatic hydroxyl groups excluding tert-OH is 1. The van der Waals surface area contributed by atoms with Gasteiger partial charge >= 0.3 is 12.0 Å². The standard InChI is InChI=1S/C15H22N2O4/c1-15(2,3)17-14(20)16-11(12(18)13(19)21-4)10-8-6-5-7-9-10/h5-9,11-12,18H,1-4H3,(H2,16,17,20)/t11-,12+/m0/s1/i1D3,2D3,3D3. The molecule has 6 heteroatoms. The van der Waals surface area contributed by atoms with Gasteiger partial charge in [-0.3, -0.25) is 0 Å². The third-order valence-corrected chi connectivity index (χ3v) is 2.50. The number of hydrogen-bond donors (Lipinski definition) is 3. The van der Waals surface area contributed by atoms with E-state index in [0.29, 0.717) is 0 Å². The molecule has 0 heterocycles. The van der Waals surface area contributed by atoms with Crippen molar-refractivity contribution in [2.75, 3.05) is 7.11 Å². The molecular weight excluding hydrogens is 272 g/mol. The molecular formula is C15H22N2O4. The molecule has 0 aliphatic rings. The minimum atomic E-state index is -3.66. The van der Waals surface area contributed by atoms with E-state index in [-0.39, 0.29) is 5.56 Å². The Bertz CT molecular complexity index is 711.